The summed E-state index contributed by atoms with van der Waals surface area (Å²) in [6.07, 6.45) is 9.63. The third kappa shape index (κ3) is 14.0. The number of carboxylic acids is 2. The van der Waals surface area contributed by atoms with Gasteiger partial charge in [0.2, 0.25) is 11.8 Å². The molecular formula is C22H40N2O6S2. The summed E-state index contributed by atoms with van der Waals surface area (Å²) in [5.41, 5.74) is 5.46. The highest BCUT2D eigenvalue weighted by molar-refractivity contribution is 8.76. The first-order valence-corrected chi connectivity index (χ1v) is 14.0. The molecule has 0 aliphatic rings. The van der Waals surface area contributed by atoms with Crippen LogP contribution in [0.25, 0.3) is 0 Å². The third-order valence-corrected chi connectivity index (χ3v) is 7.43. The zero-order chi connectivity index (χ0) is 24.4. The lowest BCUT2D eigenvalue weighted by Crippen LogP contribution is -2.50. The molecule has 32 heavy (non-hydrogen) atoms. The van der Waals surface area contributed by atoms with Gasteiger partial charge in [-0.3, -0.25) is 19.3 Å². The normalized spacial score (nSPS) is 12.8. The number of carboxylic acid groups (broad SMARTS) is 2. The molecule has 0 spiro atoms. The molecule has 0 aromatic carbocycles. The van der Waals surface area contributed by atoms with Gasteiger partial charge in [-0.1, -0.05) is 86.8 Å². The molecule has 0 fully saturated rings. The summed E-state index contributed by atoms with van der Waals surface area (Å²) in [4.78, 5) is 49.4. The van der Waals surface area contributed by atoms with E-state index in [2.05, 4.69) is 13.8 Å². The number of nitrogens with zero attached hydrogens (tertiary/aromatic N) is 1. The fourth-order valence-corrected chi connectivity index (χ4v) is 5.35. The van der Waals surface area contributed by atoms with Crippen molar-refractivity contribution in [3.05, 3.63) is 0 Å². The number of carbonyl (C=O) groups excluding carboxylic acids is 2. The molecule has 0 aromatic rings. The van der Waals surface area contributed by atoms with E-state index in [0.29, 0.717) is 12.8 Å². The lowest BCUT2D eigenvalue weighted by Gasteiger charge is -2.27. The van der Waals surface area contributed by atoms with Crippen molar-refractivity contribution in [2.45, 2.75) is 103 Å². The van der Waals surface area contributed by atoms with E-state index in [9.17, 15) is 24.3 Å². The van der Waals surface area contributed by atoms with Crippen LogP contribution in [-0.2, 0) is 19.2 Å². The minimum atomic E-state index is -1.28. The Kier molecular flexibility index (Phi) is 18.5. The summed E-state index contributed by atoms with van der Waals surface area (Å²) in [5.74, 6) is -3.18. The van der Waals surface area contributed by atoms with Gasteiger partial charge in [-0.25, -0.2) is 4.79 Å². The standard InChI is InChI=1S/C22H40N2O6S2/c1-3-5-7-9-11-13-19(25)24(20(26)14-12-10-8-6-4-2)18(22(29)30)16-32-31-15-17(23)21(27)28/h17-18H,3-16,23H2,1-2H3,(H,27,28)(H,29,30)/t17?,18-/m0/s1. The summed E-state index contributed by atoms with van der Waals surface area (Å²) in [5, 5.41) is 18.6. The van der Waals surface area contributed by atoms with Crippen molar-refractivity contribution < 1.29 is 29.4 Å². The summed E-state index contributed by atoms with van der Waals surface area (Å²) in [7, 11) is 2.24. The Labute approximate surface area is 199 Å². The van der Waals surface area contributed by atoms with Gasteiger partial charge < -0.3 is 15.9 Å². The number of carbonyl (C=O) groups is 4. The predicted molar refractivity (Wildman–Crippen MR) is 131 cm³/mol. The van der Waals surface area contributed by atoms with E-state index in [-0.39, 0.29) is 24.3 Å². The molecule has 4 N–H and O–H groups in total. The van der Waals surface area contributed by atoms with Crippen molar-refractivity contribution in [1.82, 2.24) is 4.90 Å². The first kappa shape index (κ1) is 30.7. The molecule has 0 saturated carbocycles. The number of amides is 2. The molecule has 0 aromatic heterocycles. The maximum absolute atomic E-state index is 12.9. The van der Waals surface area contributed by atoms with Gasteiger partial charge in [-0.05, 0) is 12.8 Å². The molecular weight excluding hydrogens is 452 g/mol. The monoisotopic (exact) mass is 492 g/mol. The van der Waals surface area contributed by atoms with Gasteiger partial charge in [-0.15, -0.1) is 0 Å². The number of aliphatic carboxylic acids is 2. The van der Waals surface area contributed by atoms with Crippen LogP contribution in [0.1, 0.15) is 90.9 Å². The van der Waals surface area contributed by atoms with E-state index in [0.717, 1.165) is 77.9 Å². The minimum Gasteiger partial charge on any atom is -0.480 e. The van der Waals surface area contributed by atoms with Crippen LogP contribution in [0.5, 0.6) is 0 Å². The molecule has 2 atom stereocenters. The van der Waals surface area contributed by atoms with Gasteiger partial charge in [0.25, 0.3) is 0 Å². The van der Waals surface area contributed by atoms with Crippen molar-refractivity contribution in [1.29, 1.82) is 0 Å². The highest BCUT2D eigenvalue weighted by Crippen LogP contribution is 2.25. The quantitative estimate of drug-likeness (QED) is 0.168. The smallest absolute Gasteiger partial charge is 0.327 e. The summed E-state index contributed by atoms with van der Waals surface area (Å²) in [6, 6.07) is -2.33. The van der Waals surface area contributed by atoms with Gasteiger partial charge in [0.05, 0.1) is 0 Å². The van der Waals surface area contributed by atoms with Gasteiger partial charge in [0.15, 0.2) is 0 Å². The van der Waals surface area contributed by atoms with E-state index in [1.807, 2.05) is 0 Å². The van der Waals surface area contributed by atoms with E-state index < -0.39 is 35.8 Å². The van der Waals surface area contributed by atoms with Crippen LogP contribution in [0.2, 0.25) is 0 Å². The van der Waals surface area contributed by atoms with Crippen LogP contribution in [0.3, 0.4) is 0 Å². The lowest BCUT2D eigenvalue weighted by molar-refractivity contribution is -0.157. The van der Waals surface area contributed by atoms with E-state index in [4.69, 9.17) is 10.8 Å². The molecule has 0 heterocycles. The van der Waals surface area contributed by atoms with Crippen LogP contribution in [0, 0.1) is 0 Å². The molecule has 1 unspecified atom stereocenters. The Hall–Kier alpha value is -1.26. The van der Waals surface area contributed by atoms with Gasteiger partial charge in [-0.2, -0.15) is 0 Å². The van der Waals surface area contributed by atoms with E-state index in [1.165, 1.54) is 0 Å². The lowest BCUT2D eigenvalue weighted by atomic mass is 10.1. The van der Waals surface area contributed by atoms with Gasteiger partial charge >= 0.3 is 11.9 Å². The van der Waals surface area contributed by atoms with Crippen molar-refractivity contribution in [2.24, 2.45) is 5.73 Å². The summed E-state index contributed by atoms with van der Waals surface area (Å²) < 4.78 is 0. The molecule has 0 aliphatic heterocycles. The second kappa shape index (κ2) is 19.2. The molecule has 0 aliphatic carbocycles. The highest BCUT2D eigenvalue weighted by Gasteiger charge is 2.34. The van der Waals surface area contributed by atoms with Crippen molar-refractivity contribution in [3.63, 3.8) is 0 Å². The van der Waals surface area contributed by atoms with Crippen LogP contribution in [-0.4, -0.2) is 62.5 Å². The van der Waals surface area contributed by atoms with Crippen LogP contribution in [0.15, 0.2) is 0 Å². The molecule has 0 rings (SSSR count). The Balaban J connectivity index is 5.04. The Morgan fingerprint density at radius 2 is 1.16 bits per heavy atom. The van der Waals surface area contributed by atoms with Gasteiger partial charge in [0.1, 0.15) is 12.1 Å². The largest absolute Gasteiger partial charge is 0.480 e. The molecule has 0 bridgehead atoms. The predicted octanol–water partition coefficient (Wildman–Crippen LogP) is 4.31. The van der Waals surface area contributed by atoms with Crippen LogP contribution in [0.4, 0.5) is 0 Å². The average molecular weight is 493 g/mol. The fraction of sp³-hybridized carbons (Fsp3) is 0.818. The molecule has 186 valence electrons. The summed E-state index contributed by atoms with van der Waals surface area (Å²) >= 11 is 0. The average Bonchev–Trinajstić information content (AvgIpc) is 2.74. The molecule has 2 amide bonds. The Morgan fingerprint density at radius 1 is 0.719 bits per heavy atom. The van der Waals surface area contributed by atoms with E-state index in [1.54, 1.807) is 0 Å². The number of hydrogen-bond acceptors (Lipinski definition) is 7. The fourth-order valence-electron chi connectivity index (χ4n) is 3.05. The van der Waals surface area contributed by atoms with Crippen LogP contribution >= 0.6 is 21.6 Å². The second-order valence-corrected chi connectivity index (χ2v) is 10.4. The number of imide groups is 1. The molecule has 8 nitrogen and oxygen atoms in total. The zero-order valence-electron chi connectivity index (χ0n) is 19.4. The zero-order valence-corrected chi connectivity index (χ0v) is 21.1. The molecule has 0 saturated heterocycles. The number of unbranched alkanes of at least 4 members (excludes halogenated alkanes) is 8. The number of rotatable bonds is 20. The second-order valence-electron chi connectivity index (χ2n) is 7.85. The topological polar surface area (TPSA) is 138 Å². The summed E-state index contributed by atoms with van der Waals surface area (Å²) in [6.45, 7) is 4.20. The first-order valence-electron chi connectivity index (χ1n) is 11.6. The first-order chi connectivity index (χ1) is 15.3. The van der Waals surface area contributed by atoms with Crippen molar-refractivity contribution in [2.75, 3.05) is 11.5 Å². The van der Waals surface area contributed by atoms with Gasteiger partial charge in [0, 0.05) is 24.3 Å². The Bertz CT molecular complexity index is 551. The van der Waals surface area contributed by atoms with Crippen molar-refractivity contribution in [3.8, 4) is 0 Å². The molecule has 0 radical (unpaired) electrons. The molecule has 10 heteroatoms. The van der Waals surface area contributed by atoms with Crippen LogP contribution < -0.4 is 5.73 Å². The van der Waals surface area contributed by atoms with E-state index >= 15 is 0 Å². The Morgan fingerprint density at radius 3 is 1.56 bits per heavy atom. The SMILES string of the molecule is CCCCCCCC(=O)N(C(=O)CCCCCCC)[C@@H](CSSCC(N)C(=O)O)C(=O)O. The third-order valence-electron chi connectivity index (χ3n) is 5.00. The maximum atomic E-state index is 12.9. The number of hydrogen-bond donors (Lipinski definition) is 3. The highest BCUT2D eigenvalue weighted by atomic mass is 33.1. The van der Waals surface area contributed by atoms with Crippen molar-refractivity contribution >= 4 is 45.3 Å². The number of nitrogens with two attached hydrogens (primary N) is 1. The minimum absolute atomic E-state index is 0.0184. The maximum Gasteiger partial charge on any atom is 0.327 e.